The van der Waals surface area contributed by atoms with Gasteiger partial charge in [0.2, 0.25) is 0 Å². The summed E-state index contributed by atoms with van der Waals surface area (Å²) < 4.78 is 30.8. The molecule has 1 aliphatic rings. The van der Waals surface area contributed by atoms with Gasteiger partial charge in [0.25, 0.3) is 0 Å². The highest BCUT2D eigenvalue weighted by Gasteiger charge is 2.24. The van der Waals surface area contributed by atoms with E-state index in [0.29, 0.717) is 5.69 Å². The summed E-state index contributed by atoms with van der Waals surface area (Å²) >= 11 is 0. The molecule has 1 atom stereocenters. The smallest absolute Gasteiger partial charge is 0.387 e. The van der Waals surface area contributed by atoms with E-state index in [0.717, 1.165) is 24.3 Å². The third-order valence-corrected chi connectivity index (χ3v) is 3.30. The number of alkyl halides is 2. The first-order chi connectivity index (χ1) is 9.65. The van der Waals surface area contributed by atoms with E-state index in [9.17, 15) is 8.78 Å². The highest BCUT2D eigenvalue weighted by atomic mass is 19.3. The minimum atomic E-state index is -2.82. The van der Waals surface area contributed by atoms with Gasteiger partial charge >= 0.3 is 6.61 Å². The number of nitrogen functional groups attached to an aromatic ring is 1. The van der Waals surface area contributed by atoms with Crippen molar-refractivity contribution in [3.8, 4) is 5.75 Å². The zero-order valence-electron chi connectivity index (χ0n) is 10.6. The van der Waals surface area contributed by atoms with Gasteiger partial charge < -0.3 is 15.8 Å². The van der Waals surface area contributed by atoms with E-state index in [-0.39, 0.29) is 11.8 Å². The quantitative estimate of drug-likeness (QED) is 0.906. The topological polar surface area (TPSA) is 65.1 Å². The average Bonchev–Trinajstić information content (AvgIpc) is 2.80. The van der Waals surface area contributed by atoms with Gasteiger partial charge in [0, 0.05) is 6.54 Å². The Bertz CT molecular complexity index is 614. The molecular formula is C13H14F2N4O. The number of nitrogens with two attached hydrogens (primary N) is 1. The highest BCUT2D eigenvalue weighted by Crippen LogP contribution is 2.33. The van der Waals surface area contributed by atoms with E-state index >= 15 is 0 Å². The van der Waals surface area contributed by atoms with Gasteiger partial charge in [-0.25, -0.2) is 4.68 Å². The van der Waals surface area contributed by atoms with Crippen molar-refractivity contribution < 1.29 is 13.5 Å². The summed E-state index contributed by atoms with van der Waals surface area (Å²) in [6.45, 7) is -2.07. The monoisotopic (exact) mass is 280 g/mol. The Labute approximate surface area is 114 Å². The number of anilines is 2. The number of hydrogen-bond acceptors (Lipinski definition) is 4. The second-order valence-corrected chi connectivity index (χ2v) is 4.58. The fraction of sp³-hybridized carbons (Fsp3) is 0.308. The molecule has 7 heteroatoms. The summed E-state index contributed by atoms with van der Waals surface area (Å²) in [6, 6.07) is 6.65. The minimum absolute atomic E-state index is 0.0372. The van der Waals surface area contributed by atoms with Crippen molar-refractivity contribution in [2.75, 3.05) is 17.6 Å². The van der Waals surface area contributed by atoms with Crippen LogP contribution >= 0.6 is 0 Å². The van der Waals surface area contributed by atoms with Gasteiger partial charge in [0.05, 0.1) is 17.9 Å². The van der Waals surface area contributed by atoms with Crippen LogP contribution in [0.2, 0.25) is 0 Å². The molecule has 0 fully saturated rings. The molecule has 0 bridgehead atoms. The molecule has 20 heavy (non-hydrogen) atoms. The highest BCUT2D eigenvalue weighted by molar-refractivity contribution is 5.62. The molecule has 1 aromatic heterocycles. The number of hydrogen-bond donors (Lipinski definition) is 2. The lowest BCUT2D eigenvalue weighted by Crippen LogP contribution is -2.24. The van der Waals surface area contributed by atoms with Crippen LogP contribution in [-0.2, 0) is 0 Å². The Morgan fingerprint density at radius 1 is 1.45 bits per heavy atom. The summed E-state index contributed by atoms with van der Waals surface area (Å²) in [4.78, 5) is 0. The van der Waals surface area contributed by atoms with E-state index in [2.05, 4.69) is 15.2 Å². The maximum Gasteiger partial charge on any atom is 0.387 e. The summed E-state index contributed by atoms with van der Waals surface area (Å²) in [6.07, 6.45) is 2.38. The van der Waals surface area contributed by atoms with Crippen molar-refractivity contribution in [1.82, 2.24) is 9.78 Å². The zero-order chi connectivity index (χ0) is 14.1. The van der Waals surface area contributed by atoms with E-state index in [1.165, 1.54) is 6.07 Å². The SMILES string of the molecule is Nc1cnn2c1NCCC2c1cccc(OC(F)F)c1. The van der Waals surface area contributed by atoms with Crippen LogP contribution in [-0.4, -0.2) is 22.9 Å². The van der Waals surface area contributed by atoms with Crippen LogP contribution in [0, 0.1) is 0 Å². The van der Waals surface area contributed by atoms with E-state index in [1.807, 2.05) is 6.07 Å². The first-order valence-electron chi connectivity index (χ1n) is 6.27. The fourth-order valence-corrected chi connectivity index (χ4v) is 2.45. The summed E-state index contributed by atoms with van der Waals surface area (Å²) in [7, 11) is 0. The molecule has 0 radical (unpaired) electrons. The molecule has 3 rings (SSSR count). The number of benzene rings is 1. The lowest BCUT2D eigenvalue weighted by atomic mass is 10.0. The second-order valence-electron chi connectivity index (χ2n) is 4.58. The van der Waals surface area contributed by atoms with Crippen molar-refractivity contribution >= 4 is 11.5 Å². The second kappa shape index (κ2) is 4.99. The van der Waals surface area contributed by atoms with Crippen LogP contribution in [0.1, 0.15) is 18.0 Å². The van der Waals surface area contributed by atoms with Gasteiger partial charge in [-0.2, -0.15) is 13.9 Å². The predicted octanol–water partition coefficient (Wildman–Crippen LogP) is 2.47. The Balaban J connectivity index is 1.94. The number of nitrogens with zero attached hydrogens (tertiary/aromatic N) is 2. The van der Waals surface area contributed by atoms with Gasteiger partial charge in [-0.1, -0.05) is 12.1 Å². The third-order valence-electron chi connectivity index (χ3n) is 3.30. The number of nitrogens with one attached hydrogen (secondary N) is 1. The molecule has 0 amide bonds. The first-order valence-corrected chi connectivity index (χ1v) is 6.27. The maximum absolute atomic E-state index is 12.3. The zero-order valence-corrected chi connectivity index (χ0v) is 10.6. The first kappa shape index (κ1) is 12.7. The standard InChI is InChI=1S/C13H14F2N4O/c14-13(15)20-9-3-1-2-8(6-9)11-4-5-17-12-10(16)7-18-19(11)12/h1-3,6-7,11,13,17H,4-5,16H2. The fourth-order valence-electron chi connectivity index (χ4n) is 2.45. The maximum atomic E-state index is 12.3. The number of rotatable bonds is 3. The van der Waals surface area contributed by atoms with Crippen LogP contribution in [0.4, 0.5) is 20.3 Å². The summed E-state index contributed by atoms with van der Waals surface area (Å²) in [5.41, 5.74) is 7.28. The Morgan fingerprint density at radius 2 is 2.30 bits per heavy atom. The molecule has 1 aromatic carbocycles. The third kappa shape index (κ3) is 2.26. The van der Waals surface area contributed by atoms with Crippen molar-refractivity contribution in [3.05, 3.63) is 36.0 Å². The normalized spacial score (nSPS) is 17.6. The Kier molecular flexibility index (Phi) is 3.17. The molecule has 0 saturated heterocycles. The Hall–Kier alpha value is -2.31. The van der Waals surface area contributed by atoms with E-state index in [4.69, 9.17) is 5.73 Å². The van der Waals surface area contributed by atoms with Crippen molar-refractivity contribution in [3.63, 3.8) is 0 Å². The molecule has 106 valence electrons. The van der Waals surface area contributed by atoms with Crippen LogP contribution in [0.15, 0.2) is 30.5 Å². The predicted molar refractivity (Wildman–Crippen MR) is 71.0 cm³/mol. The van der Waals surface area contributed by atoms with Crippen molar-refractivity contribution in [1.29, 1.82) is 0 Å². The average molecular weight is 280 g/mol. The number of ether oxygens (including phenoxy) is 1. The van der Waals surface area contributed by atoms with Gasteiger partial charge in [0.1, 0.15) is 11.6 Å². The van der Waals surface area contributed by atoms with Gasteiger partial charge in [-0.3, -0.25) is 0 Å². The molecule has 2 heterocycles. The molecule has 5 nitrogen and oxygen atoms in total. The van der Waals surface area contributed by atoms with Crippen molar-refractivity contribution in [2.24, 2.45) is 0 Å². The molecule has 1 aliphatic heterocycles. The lowest BCUT2D eigenvalue weighted by molar-refractivity contribution is -0.0499. The number of aromatic nitrogens is 2. The van der Waals surface area contributed by atoms with E-state index < -0.39 is 6.61 Å². The molecule has 1 unspecified atom stereocenters. The number of fused-ring (bicyclic) bond motifs is 1. The molecule has 0 spiro atoms. The molecular weight excluding hydrogens is 266 g/mol. The summed E-state index contributed by atoms with van der Waals surface area (Å²) in [5.74, 6) is 0.916. The lowest BCUT2D eigenvalue weighted by Gasteiger charge is -2.26. The molecule has 0 aliphatic carbocycles. The van der Waals surface area contributed by atoms with Gasteiger partial charge in [-0.15, -0.1) is 0 Å². The van der Waals surface area contributed by atoms with Crippen LogP contribution in [0.3, 0.4) is 0 Å². The van der Waals surface area contributed by atoms with Gasteiger partial charge in [-0.05, 0) is 24.1 Å². The van der Waals surface area contributed by atoms with Crippen LogP contribution in [0.25, 0.3) is 0 Å². The van der Waals surface area contributed by atoms with Crippen LogP contribution in [0.5, 0.6) is 5.75 Å². The molecule has 3 N–H and O–H groups in total. The van der Waals surface area contributed by atoms with Gasteiger partial charge in [0.15, 0.2) is 0 Å². The van der Waals surface area contributed by atoms with Crippen LogP contribution < -0.4 is 15.8 Å². The number of halogens is 2. The Morgan fingerprint density at radius 3 is 3.10 bits per heavy atom. The summed E-state index contributed by atoms with van der Waals surface area (Å²) in [5, 5.41) is 7.43. The minimum Gasteiger partial charge on any atom is -0.435 e. The largest absolute Gasteiger partial charge is 0.435 e. The molecule has 2 aromatic rings. The van der Waals surface area contributed by atoms with E-state index in [1.54, 1.807) is 23.0 Å². The molecule has 0 saturated carbocycles. The van der Waals surface area contributed by atoms with Crippen molar-refractivity contribution in [2.45, 2.75) is 19.1 Å².